The van der Waals surface area contributed by atoms with Gasteiger partial charge < -0.3 is 9.40 Å². The normalized spacial score (nSPS) is 17.4. The molecule has 7 heteroatoms. The Morgan fingerprint density at radius 1 is 1.38 bits per heavy atom. The summed E-state index contributed by atoms with van der Waals surface area (Å²) in [5, 5.41) is 2.02. The van der Waals surface area contributed by atoms with Crippen LogP contribution in [0.4, 0.5) is 0 Å². The summed E-state index contributed by atoms with van der Waals surface area (Å²) >= 11 is 1.62. The van der Waals surface area contributed by atoms with E-state index >= 15 is 0 Å². The highest BCUT2D eigenvalue weighted by atomic mass is 32.1. The molecule has 1 fully saturated rings. The Balaban J connectivity index is 1.36. The second-order valence-corrected chi connectivity index (χ2v) is 8.06. The Bertz CT molecular complexity index is 1000. The number of oxazole rings is 1. The van der Waals surface area contributed by atoms with Crippen molar-refractivity contribution in [2.45, 2.75) is 45.2 Å². The van der Waals surface area contributed by atoms with Crippen molar-refractivity contribution < 1.29 is 4.42 Å². The molecular weight excluding hydrogens is 348 g/mol. The summed E-state index contributed by atoms with van der Waals surface area (Å²) < 4.78 is 5.84. The topological polar surface area (TPSA) is 75.0 Å². The van der Waals surface area contributed by atoms with Crippen molar-refractivity contribution in [3.8, 4) is 10.8 Å². The molecule has 1 saturated carbocycles. The highest BCUT2D eigenvalue weighted by Gasteiger charge is 2.29. The molecule has 0 unspecified atom stereocenters. The molecule has 26 heavy (non-hydrogen) atoms. The van der Waals surface area contributed by atoms with Gasteiger partial charge in [0.15, 0.2) is 0 Å². The van der Waals surface area contributed by atoms with Gasteiger partial charge in [-0.3, -0.25) is 9.69 Å². The van der Waals surface area contributed by atoms with Gasteiger partial charge in [0, 0.05) is 32.0 Å². The maximum atomic E-state index is 12.5. The van der Waals surface area contributed by atoms with Crippen LogP contribution in [0.15, 0.2) is 26.7 Å². The van der Waals surface area contributed by atoms with Crippen molar-refractivity contribution in [1.29, 1.82) is 0 Å². The Labute approximate surface area is 154 Å². The predicted molar refractivity (Wildman–Crippen MR) is 99.2 cm³/mol. The van der Waals surface area contributed by atoms with Crippen LogP contribution in [-0.4, -0.2) is 26.4 Å². The van der Waals surface area contributed by atoms with Gasteiger partial charge in [-0.2, -0.15) is 0 Å². The zero-order valence-electron chi connectivity index (χ0n) is 14.6. The number of aromatic nitrogens is 3. The van der Waals surface area contributed by atoms with E-state index in [2.05, 4.69) is 14.9 Å². The summed E-state index contributed by atoms with van der Waals surface area (Å²) in [7, 11) is 0. The molecule has 6 nitrogen and oxygen atoms in total. The lowest BCUT2D eigenvalue weighted by atomic mass is 10.1. The van der Waals surface area contributed by atoms with E-state index in [9.17, 15) is 4.79 Å². The molecule has 0 aromatic carbocycles. The van der Waals surface area contributed by atoms with E-state index in [1.807, 2.05) is 24.4 Å². The van der Waals surface area contributed by atoms with E-state index < -0.39 is 0 Å². The predicted octanol–water partition coefficient (Wildman–Crippen LogP) is 3.23. The fourth-order valence-electron chi connectivity index (χ4n) is 3.48. The van der Waals surface area contributed by atoms with Gasteiger partial charge in [0.25, 0.3) is 5.56 Å². The quantitative estimate of drug-likeness (QED) is 0.765. The van der Waals surface area contributed by atoms with Crippen LogP contribution in [-0.2, 0) is 19.5 Å². The lowest BCUT2D eigenvalue weighted by molar-refractivity contribution is 0.237. The van der Waals surface area contributed by atoms with Crippen LogP contribution < -0.4 is 5.56 Å². The van der Waals surface area contributed by atoms with Gasteiger partial charge in [-0.05, 0) is 31.2 Å². The van der Waals surface area contributed by atoms with Gasteiger partial charge in [-0.15, -0.1) is 11.3 Å². The summed E-state index contributed by atoms with van der Waals surface area (Å²) in [5.41, 5.74) is 2.75. The van der Waals surface area contributed by atoms with E-state index in [1.54, 1.807) is 11.3 Å². The van der Waals surface area contributed by atoms with Gasteiger partial charge in [-0.1, -0.05) is 6.07 Å². The average molecular weight is 368 g/mol. The maximum absolute atomic E-state index is 12.5. The number of fused-ring (bicyclic) bond motifs is 1. The van der Waals surface area contributed by atoms with Crippen molar-refractivity contribution in [2.24, 2.45) is 0 Å². The fourth-order valence-corrected chi connectivity index (χ4v) is 4.13. The lowest BCUT2D eigenvalue weighted by Gasteiger charge is -2.27. The van der Waals surface area contributed by atoms with E-state index in [-0.39, 0.29) is 5.56 Å². The Morgan fingerprint density at radius 3 is 3.04 bits per heavy atom. The van der Waals surface area contributed by atoms with E-state index in [1.165, 1.54) is 0 Å². The monoisotopic (exact) mass is 368 g/mol. The first-order chi connectivity index (χ1) is 12.7. The SMILES string of the molecule is Cc1oc(-c2cccs2)nc1CN1CCc2nc(C3CC3)[nH]c(=O)c2C1. The molecule has 0 spiro atoms. The minimum atomic E-state index is 0.0257. The number of nitrogens with zero attached hydrogens (tertiary/aromatic N) is 3. The number of aryl methyl sites for hydroxylation is 1. The molecule has 0 saturated heterocycles. The lowest BCUT2D eigenvalue weighted by Crippen LogP contribution is -2.36. The van der Waals surface area contributed by atoms with E-state index in [0.717, 1.165) is 59.2 Å². The van der Waals surface area contributed by atoms with Gasteiger partial charge in [-0.25, -0.2) is 9.97 Å². The molecule has 5 rings (SSSR count). The standard InChI is InChI=1S/C19H20N4O2S/c1-11-15(21-19(25-11)16-3-2-8-26-16)10-23-7-6-14-13(9-23)18(24)22-17(20-14)12-4-5-12/h2-3,8,12H,4-7,9-10H2,1H3,(H,20,22,24). The molecule has 0 amide bonds. The molecule has 3 aromatic heterocycles. The zero-order chi connectivity index (χ0) is 17.7. The molecule has 1 N–H and O–H groups in total. The van der Waals surface area contributed by atoms with Crippen LogP contribution in [0.1, 0.15) is 47.3 Å². The zero-order valence-corrected chi connectivity index (χ0v) is 15.4. The summed E-state index contributed by atoms with van der Waals surface area (Å²) in [4.78, 5) is 28.2. The molecule has 4 heterocycles. The van der Waals surface area contributed by atoms with Gasteiger partial charge in [0.1, 0.15) is 11.6 Å². The van der Waals surface area contributed by atoms with Crippen LogP contribution in [0.25, 0.3) is 10.8 Å². The van der Waals surface area contributed by atoms with Crippen molar-refractivity contribution in [2.75, 3.05) is 6.54 Å². The molecule has 2 aliphatic rings. The summed E-state index contributed by atoms with van der Waals surface area (Å²) in [6, 6.07) is 4.01. The number of H-pyrrole nitrogens is 1. The van der Waals surface area contributed by atoms with Crippen LogP contribution >= 0.6 is 11.3 Å². The Hall–Kier alpha value is -2.25. The second kappa shape index (κ2) is 6.17. The third-order valence-corrected chi connectivity index (χ3v) is 5.99. The first kappa shape index (κ1) is 16.0. The minimum Gasteiger partial charge on any atom is -0.440 e. The Morgan fingerprint density at radius 2 is 2.27 bits per heavy atom. The largest absolute Gasteiger partial charge is 0.440 e. The number of hydrogen-bond donors (Lipinski definition) is 1. The highest BCUT2D eigenvalue weighted by molar-refractivity contribution is 7.13. The first-order valence-corrected chi connectivity index (χ1v) is 9.90. The Kier molecular flexibility index (Phi) is 3.79. The molecule has 134 valence electrons. The van der Waals surface area contributed by atoms with Crippen molar-refractivity contribution in [3.63, 3.8) is 0 Å². The second-order valence-electron chi connectivity index (χ2n) is 7.11. The third kappa shape index (κ3) is 2.91. The van der Waals surface area contributed by atoms with Crippen LogP contribution in [0.3, 0.4) is 0 Å². The highest BCUT2D eigenvalue weighted by Crippen LogP contribution is 2.38. The van der Waals surface area contributed by atoms with E-state index in [0.29, 0.717) is 24.9 Å². The number of aromatic amines is 1. The third-order valence-electron chi connectivity index (χ3n) is 5.13. The summed E-state index contributed by atoms with van der Waals surface area (Å²) in [5.74, 6) is 2.88. The number of hydrogen-bond acceptors (Lipinski definition) is 6. The van der Waals surface area contributed by atoms with Gasteiger partial charge in [0.2, 0.25) is 5.89 Å². The summed E-state index contributed by atoms with van der Waals surface area (Å²) in [6.07, 6.45) is 3.10. The molecule has 0 bridgehead atoms. The molecule has 0 atom stereocenters. The first-order valence-electron chi connectivity index (χ1n) is 9.02. The maximum Gasteiger partial charge on any atom is 0.255 e. The van der Waals surface area contributed by atoms with Crippen molar-refractivity contribution in [1.82, 2.24) is 19.9 Å². The minimum absolute atomic E-state index is 0.0257. The molecule has 3 aromatic rings. The number of rotatable bonds is 4. The van der Waals surface area contributed by atoms with Gasteiger partial charge >= 0.3 is 0 Å². The molecular formula is C19H20N4O2S. The number of nitrogens with one attached hydrogen (secondary N) is 1. The molecule has 1 aliphatic heterocycles. The summed E-state index contributed by atoms with van der Waals surface area (Å²) in [6.45, 7) is 4.13. The van der Waals surface area contributed by atoms with Crippen molar-refractivity contribution in [3.05, 3.63) is 56.4 Å². The van der Waals surface area contributed by atoms with Crippen molar-refractivity contribution >= 4 is 11.3 Å². The number of thiophene rings is 1. The average Bonchev–Trinajstić information content (AvgIpc) is 3.22. The van der Waals surface area contributed by atoms with E-state index in [4.69, 9.17) is 9.40 Å². The smallest absolute Gasteiger partial charge is 0.255 e. The van der Waals surface area contributed by atoms with Crippen LogP contribution in [0, 0.1) is 6.92 Å². The molecule has 1 aliphatic carbocycles. The molecule has 0 radical (unpaired) electrons. The van der Waals surface area contributed by atoms with Crippen LogP contribution in [0.2, 0.25) is 0 Å². The van der Waals surface area contributed by atoms with Crippen LogP contribution in [0.5, 0.6) is 0 Å². The van der Waals surface area contributed by atoms with Gasteiger partial charge in [0.05, 0.1) is 21.8 Å². The fraction of sp³-hybridized carbons (Fsp3) is 0.421.